The maximum atomic E-state index is 10.9. The van der Waals surface area contributed by atoms with Gasteiger partial charge < -0.3 is 5.73 Å². The van der Waals surface area contributed by atoms with Crippen LogP contribution in [0.5, 0.6) is 0 Å². The lowest BCUT2D eigenvalue weighted by Crippen LogP contribution is -2.43. The lowest BCUT2D eigenvalue weighted by Gasteiger charge is -2.34. The van der Waals surface area contributed by atoms with E-state index < -0.39 is 10.0 Å². The molecule has 0 aromatic heterocycles. The van der Waals surface area contributed by atoms with Crippen LogP contribution in [0.4, 0.5) is 0 Å². The van der Waals surface area contributed by atoms with Gasteiger partial charge in [0.15, 0.2) is 0 Å². The molecule has 1 unspecified atom stereocenters. The SMILES string of the molecule is CC(C)C(N)C(C)(C)CCNS(C)(=O)=O. The van der Waals surface area contributed by atoms with Gasteiger partial charge in [0, 0.05) is 12.6 Å². The first-order valence-electron chi connectivity index (χ1n) is 5.26. The fourth-order valence-electron chi connectivity index (χ4n) is 1.63. The van der Waals surface area contributed by atoms with Crippen molar-refractivity contribution < 1.29 is 8.42 Å². The van der Waals surface area contributed by atoms with Gasteiger partial charge in [0.25, 0.3) is 0 Å². The molecule has 3 N–H and O–H groups in total. The van der Waals surface area contributed by atoms with E-state index in [1.807, 2.05) is 0 Å². The van der Waals surface area contributed by atoms with Crippen LogP contribution in [0.3, 0.4) is 0 Å². The standard InChI is InChI=1S/C10H24N2O2S/c1-8(2)9(11)10(3,4)6-7-12-15(5,13)14/h8-9,12H,6-7,11H2,1-5H3. The maximum Gasteiger partial charge on any atom is 0.208 e. The molecule has 0 aliphatic heterocycles. The van der Waals surface area contributed by atoms with E-state index >= 15 is 0 Å². The maximum absolute atomic E-state index is 10.9. The summed E-state index contributed by atoms with van der Waals surface area (Å²) in [7, 11) is -3.08. The third-order valence-electron chi connectivity index (χ3n) is 2.75. The van der Waals surface area contributed by atoms with E-state index in [0.717, 1.165) is 6.42 Å². The second kappa shape index (κ2) is 5.27. The Hall–Kier alpha value is -0.130. The molecule has 0 saturated carbocycles. The van der Waals surface area contributed by atoms with Crippen molar-refractivity contribution in [3.8, 4) is 0 Å². The Balaban J connectivity index is 4.16. The number of nitrogens with two attached hydrogens (primary N) is 1. The van der Waals surface area contributed by atoms with Crippen LogP contribution in [-0.4, -0.2) is 27.3 Å². The summed E-state index contributed by atoms with van der Waals surface area (Å²) in [6.07, 6.45) is 1.92. The predicted octanol–water partition coefficient (Wildman–Crippen LogP) is 0.935. The fourth-order valence-corrected chi connectivity index (χ4v) is 2.10. The molecular formula is C10H24N2O2S. The van der Waals surface area contributed by atoms with E-state index in [2.05, 4.69) is 32.4 Å². The Labute approximate surface area is 93.7 Å². The molecule has 0 saturated heterocycles. The first-order chi connectivity index (χ1) is 6.56. The lowest BCUT2D eigenvalue weighted by atomic mass is 9.77. The molecule has 4 nitrogen and oxygen atoms in total. The van der Waals surface area contributed by atoms with Gasteiger partial charge in [0.1, 0.15) is 0 Å². The van der Waals surface area contributed by atoms with Crippen LogP contribution in [0.15, 0.2) is 0 Å². The van der Waals surface area contributed by atoms with Crippen molar-refractivity contribution in [1.82, 2.24) is 4.72 Å². The first kappa shape index (κ1) is 14.9. The predicted molar refractivity (Wildman–Crippen MR) is 64.1 cm³/mol. The van der Waals surface area contributed by atoms with Crippen LogP contribution in [0.25, 0.3) is 0 Å². The highest BCUT2D eigenvalue weighted by atomic mass is 32.2. The highest BCUT2D eigenvalue weighted by Gasteiger charge is 2.28. The molecule has 0 radical (unpaired) electrons. The molecule has 0 rings (SSSR count). The molecule has 5 heteroatoms. The number of hydrogen-bond donors (Lipinski definition) is 2. The minimum atomic E-state index is -3.08. The van der Waals surface area contributed by atoms with Crippen molar-refractivity contribution in [1.29, 1.82) is 0 Å². The molecule has 0 spiro atoms. The van der Waals surface area contributed by atoms with Crippen LogP contribution in [0.1, 0.15) is 34.1 Å². The zero-order valence-electron chi connectivity index (χ0n) is 10.4. The molecular weight excluding hydrogens is 212 g/mol. The molecule has 0 bridgehead atoms. The van der Waals surface area contributed by atoms with Crippen molar-refractivity contribution in [2.45, 2.75) is 40.2 Å². The van der Waals surface area contributed by atoms with E-state index in [1.165, 1.54) is 6.26 Å². The van der Waals surface area contributed by atoms with Crippen LogP contribution in [-0.2, 0) is 10.0 Å². The zero-order chi connectivity index (χ0) is 12.3. The third-order valence-corrected chi connectivity index (χ3v) is 3.48. The van der Waals surface area contributed by atoms with Gasteiger partial charge in [-0.15, -0.1) is 0 Å². The van der Waals surface area contributed by atoms with Crippen molar-refractivity contribution in [3.63, 3.8) is 0 Å². The number of sulfonamides is 1. The van der Waals surface area contributed by atoms with Gasteiger partial charge >= 0.3 is 0 Å². The molecule has 0 aliphatic rings. The number of rotatable bonds is 6. The molecule has 15 heavy (non-hydrogen) atoms. The van der Waals surface area contributed by atoms with Gasteiger partial charge in [0.2, 0.25) is 10.0 Å². The smallest absolute Gasteiger partial charge is 0.208 e. The fraction of sp³-hybridized carbons (Fsp3) is 1.00. The summed E-state index contributed by atoms with van der Waals surface area (Å²) < 4.78 is 24.2. The number of nitrogens with one attached hydrogen (secondary N) is 1. The second-order valence-corrected chi connectivity index (χ2v) is 7.01. The zero-order valence-corrected chi connectivity index (χ0v) is 11.2. The Morgan fingerprint density at radius 2 is 1.80 bits per heavy atom. The van der Waals surface area contributed by atoms with E-state index in [-0.39, 0.29) is 11.5 Å². The summed E-state index contributed by atoms with van der Waals surface area (Å²) in [5, 5.41) is 0. The van der Waals surface area contributed by atoms with Gasteiger partial charge in [-0.25, -0.2) is 13.1 Å². The third kappa shape index (κ3) is 6.12. The lowest BCUT2D eigenvalue weighted by molar-refractivity contribution is 0.217. The summed E-state index contributed by atoms with van der Waals surface area (Å²) in [6.45, 7) is 8.75. The molecule has 0 aliphatic carbocycles. The summed E-state index contributed by atoms with van der Waals surface area (Å²) in [6, 6.07) is 0.0823. The summed E-state index contributed by atoms with van der Waals surface area (Å²) in [4.78, 5) is 0. The van der Waals surface area contributed by atoms with Gasteiger partial charge in [-0.05, 0) is 17.8 Å². The summed E-state index contributed by atoms with van der Waals surface area (Å²) in [5.74, 6) is 0.401. The van der Waals surface area contributed by atoms with Crippen molar-refractivity contribution >= 4 is 10.0 Å². The molecule has 0 aromatic carbocycles. The van der Waals surface area contributed by atoms with E-state index in [1.54, 1.807) is 0 Å². The van der Waals surface area contributed by atoms with Crippen molar-refractivity contribution in [3.05, 3.63) is 0 Å². The Kier molecular flexibility index (Phi) is 5.23. The summed E-state index contributed by atoms with van der Waals surface area (Å²) >= 11 is 0. The average Bonchev–Trinajstić information content (AvgIpc) is 1.99. The second-order valence-electron chi connectivity index (χ2n) is 5.17. The quantitative estimate of drug-likeness (QED) is 0.721. The molecule has 0 amide bonds. The molecule has 0 aromatic rings. The largest absolute Gasteiger partial charge is 0.327 e. The van der Waals surface area contributed by atoms with E-state index in [9.17, 15) is 8.42 Å². The van der Waals surface area contributed by atoms with E-state index in [0.29, 0.717) is 12.5 Å². The van der Waals surface area contributed by atoms with Gasteiger partial charge in [0.05, 0.1) is 6.26 Å². The minimum absolute atomic E-state index is 0.0497. The minimum Gasteiger partial charge on any atom is -0.327 e. The Bertz CT molecular complexity index is 284. The van der Waals surface area contributed by atoms with Crippen LogP contribution in [0.2, 0.25) is 0 Å². The highest BCUT2D eigenvalue weighted by molar-refractivity contribution is 7.88. The highest BCUT2D eigenvalue weighted by Crippen LogP contribution is 2.27. The molecule has 0 heterocycles. The Morgan fingerprint density at radius 1 is 1.33 bits per heavy atom. The van der Waals surface area contributed by atoms with Crippen LogP contribution >= 0.6 is 0 Å². The van der Waals surface area contributed by atoms with Crippen molar-refractivity contribution in [2.24, 2.45) is 17.1 Å². The molecule has 1 atom stereocenters. The Morgan fingerprint density at radius 3 is 2.13 bits per heavy atom. The van der Waals surface area contributed by atoms with Gasteiger partial charge in [-0.3, -0.25) is 0 Å². The van der Waals surface area contributed by atoms with Gasteiger partial charge in [-0.2, -0.15) is 0 Å². The van der Waals surface area contributed by atoms with E-state index in [4.69, 9.17) is 5.73 Å². The first-order valence-corrected chi connectivity index (χ1v) is 7.15. The van der Waals surface area contributed by atoms with Gasteiger partial charge in [-0.1, -0.05) is 27.7 Å². The molecule has 0 fully saturated rings. The van der Waals surface area contributed by atoms with Crippen LogP contribution < -0.4 is 10.5 Å². The molecule has 92 valence electrons. The average molecular weight is 236 g/mol. The summed E-state index contributed by atoms with van der Waals surface area (Å²) in [5.41, 5.74) is 6.02. The number of hydrogen-bond acceptors (Lipinski definition) is 3. The monoisotopic (exact) mass is 236 g/mol. The van der Waals surface area contributed by atoms with Crippen molar-refractivity contribution in [2.75, 3.05) is 12.8 Å². The normalized spacial score (nSPS) is 15.7. The van der Waals surface area contributed by atoms with Crippen LogP contribution in [0, 0.1) is 11.3 Å². The topological polar surface area (TPSA) is 72.2 Å².